The Morgan fingerprint density at radius 1 is 1.25 bits per heavy atom. The Hall–Kier alpha value is -2.95. The third-order valence-electron chi connectivity index (χ3n) is 5.42. The number of nitrogens with zero attached hydrogens (tertiary/aromatic N) is 3. The molecule has 1 aliphatic rings. The minimum atomic E-state index is -0.167. The Bertz CT molecular complexity index is 1010. The van der Waals surface area contributed by atoms with Crippen molar-refractivity contribution in [1.29, 1.82) is 0 Å². The number of fused-ring (bicyclic) bond motifs is 1. The van der Waals surface area contributed by atoms with E-state index in [9.17, 15) is 4.79 Å². The van der Waals surface area contributed by atoms with Crippen LogP contribution >= 0.6 is 0 Å². The highest BCUT2D eigenvalue weighted by Gasteiger charge is 2.35. The van der Waals surface area contributed by atoms with E-state index in [0.717, 1.165) is 12.0 Å². The van der Waals surface area contributed by atoms with Gasteiger partial charge in [0.25, 0.3) is 5.91 Å². The van der Waals surface area contributed by atoms with Crippen molar-refractivity contribution >= 4 is 5.91 Å². The van der Waals surface area contributed by atoms with Crippen LogP contribution in [0.4, 0.5) is 0 Å². The molecule has 28 heavy (non-hydrogen) atoms. The van der Waals surface area contributed by atoms with Crippen LogP contribution in [0.25, 0.3) is 0 Å². The molecule has 5 nitrogen and oxygen atoms in total. The zero-order valence-electron chi connectivity index (χ0n) is 16.8. The molecule has 1 unspecified atom stereocenters. The molecule has 5 heteroatoms. The highest BCUT2D eigenvalue weighted by atomic mass is 16.5. The van der Waals surface area contributed by atoms with Crippen molar-refractivity contribution in [2.75, 3.05) is 6.54 Å². The first kappa shape index (κ1) is 18.4. The lowest BCUT2D eigenvalue weighted by Gasteiger charge is -2.38. The van der Waals surface area contributed by atoms with Crippen LogP contribution < -0.4 is 0 Å². The van der Waals surface area contributed by atoms with Crippen molar-refractivity contribution in [2.24, 2.45) is 0 Å². The van der Waals surface area contributed by atoms with E-state index in [4.69, 9.17) is 4.52 Å². The van der Waals surface area contributed by atoms with E-state index in [2.05, 4.69) is 35.3 Å². The summed E-state index contributed by atoms with van der Waals surface area (Å²) < 4.78 is 5.49. The minimum Gasteiger partial charge on any atom is -0.360 e. The Labute approximate surface area is 165 Å². The van der Waals surface area contributed by atoms with Crippen molar-refractivity contribution in [2.45, 2.75) is 46.1 Å². The van der Waals surface area contributed by atoms with Crippen LogP contribution in [0.1, 0.15) is 69.9 Å². The minimum absolute atomic E-state index is 0.0254. The average Bonchev–Trinajstić information content (AvgIpc) is 3.09. The molecular weight excluding hydrogens is 350 g/mol. The smallest absolute Gasteiger partial charge is 0.260 e. The molecule has 0 saturated heterocycles. The summed E-state index contributed by atoms with van der Waals surface area (Å²) in [5, 5.41) is 4.07. The molecule has 0 saturated carbocycles. The Morgan fingerprint density at radius 3 is 2.79 bits per heavy atom. The maximum absolute atomic E-state index is 13.7. The summed E-state index contributed by atoms with van der Waals surface area (Å²) in [6, 6.07) is 10.3. The monoisotopic (exact) mass is 375 g/mol. The average molecular weight is 375 g/mol. The van der Waals surface area contributed by atoms with Gasteiger partial charge in [0.2, 0.25) is 0 Å². The molecule has 4 rings (SSSR count). The Balaban J connectivity index is 1.83. The lowest BCUT2D eigenvalue weighted by atomic mass is 9.87. The van der Waals surface area contributed by atoms with Crippen LogP contribution in [0.3, 0.4) is 0 Å². The van der Waals surface area contributed by atoms with Crippen molar-refractivity contribution in [3.63, 3.8) is 0 Å². The van der Waals surface area contributed by atoms with Gasteiger partial charge in [0.1, 0.15) is 5.56 Å². The summed E-state index contributed by atoms with van der Waals surface area (Å²) in [6.45, 7) is 8.62. The maximum atomic E-state index is 13.7. The van der Waals surface area contributed by atoms with E-state index in [1.165, 1.54) is 16.7 Å². The van der Waals surface area contributed by atoms with Crippen molar-refractivity contribution in [3.8, 4) is 0 Å². The summed E-state index contributed by atoms with van der Waals surface area (Å²) >= 11 is 0. The van der Waals surface area contributed by atoms with E-state index in [0.29, 0.717) is 23.6 Å². The molecule has 1 atom stereocenters. The first-order valence-corrected chi connectivity index (χ1v) is 9.74. The quantitative estimate of drug-likeness (QED) is 0.671. The lowest BCUT2D eigenvalue weighted by molar-refractivity contribution is 0.0690. The number of pyridine rings is 1. The summed E-state index contributed by atoms with van der Waals surface area (Å²) in [6.07, 6.45) is 4.44. The van der Waals surface area contributed by atoms with Gasteiger partial charge in [-0.25, -0.2) is 0 Å². The van der Waals surface area contributed by atoms with E-state index < -0.39 is 0 Å². The van der Waals surface area contributed by atoms with E-state index >= 15 is 0 Å². The molecule has 1 aromatic carbocycles. The molecule has 0 aliphatic carbocycles. The summed E-state index contributed by atoms with van der Waals surface area (Å²) in [5.41, 5.74) is 5.96. The molecule has 3 aromatic rings. The molecule has 0 spiro atoms. The number of amides is 1. The van der Waals surface area contributed by atoms with Gasteiger partial charge < -0.3 is 9.42 Å². The van der Waals surface area contributed by atoms with Gasteiger partial charge in [-0.1, -0.05) is 48.8 Å². The van der Waals surface area contributed by atoms with Crippen molar-refractivity contribution < 1.29 is 9.32 Å². The van der Waals surface area contributed by atoms with E-state index in [1.807, 2.05) is 44.0 Å². The molecule has 0 fully saturated rings. The number of hydrogen-bond donors (Lipinski definition) is 0. The highest BCUT2D eigenvalue weighted by Crippen LogP contribution is 2.37. The van der Waals surface area contributed by atoms with Crippen LogP contribution in [0.5, 0.6) is 0 Å². The van der Waals surface area contributed by atoms with Gasteiger partial charge in [0, 0.05) is 24.9 Å². The van der Waals surface area contributed by atoms with E-state index in [-0.39, 0.29) is 17.9 Å². The number of hydrogen-bond acceptors (Lipinski definition) is 4. The number of carbonyl (C=O) groups excluding carboxylic acids is 1. The van der Waals surface area contributed by atoms with Gasteiger partial charge >= 0.3 is 0 Å². The molecule has 3 heterocycles. The zero-order chi connectivity index (χ0) is 19.8. The van der Waals surface area contributed by atoms with Gasteiger partial charge in [-0.2, -0.15) is 0 Å². The third-order valence-corrected chi connectivity index (χ3v) is 5.42. The predicted molar refractivity (Wildman–Crippen MR) is 107 cm³/mol. The standard InChI is InChI=1S/C23H25N3O2/c1-14(2)22-20(16(4)25-28-22)23(27)26-11-9-17-12-15(3)7-8-19(17)21(26)18-6-5-10-24-13-18/h5-8,10,12-14,21H,9,11H2,1-4H3. The summed E-state index contributed by atoms with van der Waals surface area (Å²) in [5.74, 6) is 0.724. The van der Waals surface area contributed by atoms with Gasteiger partial charge in [-0.15, -0.1) is 0 Å². The molecule has 2 aromatic heterocycles. The number of benzene rings is 1. The highest BCUT2D eigenvalue weighted by molar-refractivity contribution is 5.97. The lowest BCUT2D eigenvalue weighted by Crippen LogP contribution is -2.41. The first-order chi connectivity index (χ1) is 13.5. The first-order valence-electron chi connectivity index (χ1n) is 9.74. The molecule has 1 aliphatic heterocycles. The predicted octanol–water partition coefficient (Wildman–Crippen LogP) is 4.60. The fourth-order valence-electron chi connectivity index (χ4n) is 4.06. The van der Waals surface area contributed by atoms with Gasteiger partial charge in [-0.05, 0) is 43.0 Å². The van der Waals surface area contributed by atoms with E-state index in [1.54, 1.807) is 6.20 Å². The van der Waals surface area contributed by atoms with Gasteiger partial charge in [0.05, 0.1) is 11.7 Å². The van der Waals surface area contributed by atoms with Crippen molar-refractivity contribution in [3.05, 3.63) is 82.0 Å². The van der Waals surface area contributed by atoms with Crippen LogP contribution in [0.15, 0.2) is 47.2 Å². The van der Waals surface area contributed by atoms with Crippen molar-refractivity contribution in [1.82, 2.24) is 15.0 Å². The van der Waals surface area contributed by atoms with Crippen LogP contribution in [-0.4, -0.2) is 27.5 Å². The summed E-state index contributed by atoms with van der Waals surface area (Å²) in [7, 11) is 0. The van der Waals surface area contributed by atoms with Gasteiger partial charge in [-0.3, -0.25) is 9.78 Å². The normalized spacial score (nSPS) is 16.3. The molecule has 1 amide bonds. The largest absolute Gasteiger partial charge is 0.360 e. The van der Waals surface area contributed by atoms with Gasteiger partial charge in [0.15, 0.2) is 5.76 Å². The second kappa shape index (κ2) is 7.23. The number of carbonyl (C=O) groups is 1. The van der Waals surface area contributed by atoms with Crippen LogP contribution in [0, 0.1) is 13.8 Å². The molecule has 0 radical (unpaired) electrons. The fourth-order valence-corrected chi connectivity index (χ4v) is 4.06. The maximum Gasteiger partial charge on any atom is 0.260 e. The molecule has 144 valence electrons. The summed E-state index contributed by atoms with van der Waals surface area (Å²) in [4.78, 5) is 19.9. The number of rotatable bonds is 3. The van der Waals surface area contributed by atoms with Crippen LogP contribution in [-0.2, 0) is 6.42 Å². The number of aromatic nitrogens is 2. The SMILES string of the molecule is Cc1ccc2c(c1)CCN(C(=O)c1c(C)noc1C(C)C)C2c1cccnc1. The topological polar surface area (TPSA) is 59.2 Å². The zero-order valence-corrected chi connectivity index (χ0v) is 16.8. The van der Waals surface area contributed by atoms with Crippen LogP contribution in [0.2, 0.25) is 0 Å². The molecule has 0 bridgehead atoms. The third kappa shape index (κ3) is 3.11. The number of aryl methyl sites for hydroxylation is 2. The molecule has 0 N–H and O–H groups in total. The second-order valence-electron chi connectivity index (χ2n) is 7.80. The molecular formula is C23H25N3O2. The Kier molecular flexibility index (Phi) is 4.75. The fraction of sp³-hybridized carbons (Fsp3) is 0.348. The Morgan fingerprint density at radius 2 is 2.07 bits per heavy atom. The second-order valence-corrected chi connectivity index (χ2v) is 7.80.